The molecule has 0 fully saturated rings. The quantitative estimate of drug-likeness (QED) is 0.907. The highest BCUT2D eigenvalue weighted by Gasteiger charge is 2.16. The molecule has 2 aromatic rings. The van der Waals surface area contributed by atoms with Crippen molar-refractivity contribution in [2.45, 2.75) is 32.7 Å². The Labute approximate surface area is 103 Å². The van der Waals surface area contributed by atoms with Crippen molar-refractivity contribution in [3.63, 3.8) is 0 Å². The van der Waals surface area contributed by atoms with E-state index >= 15 is 0 Å². The first-order chi connectivity index (χ1) is 7.70. The Morgan fingerprint density at radius 3 is 2.94 bits per heavy atom. The van der Waals surface area contributed by atoms with Crippen molar-refractivity contribution in [2.24, 2.45) is 5.73 Å². The fraction of sp³-hybridized carbons (Fsp3) is 0.500. The van der Waals surface area contributed by atoms with Gasteiger partial charge in [-0.25, -0.2) is 4.98 Å². The van der Waals surface area contributed by atoms with Crippen LogP contribution in [0.1, 0.15) is 34.2 Å². The van der Waals surface area contributed by atoms with Gasteiger partial charge in [0.05, 0.1) is 15.6 Å². The van der Waals surface area contributed by atoms with E-state index in [1.54, 1.807) is 11.3 Å². The Morgan fingerprint density at radius 2 is 2.31 bits per heavy atom. The van der Waals surface area contributed by atoms with E-state index < -0.39 is 0 Å². The lowest BCUT2D eigenvalue weighted by molar-refractivity contribution is 0.717. The molecule has 0 saturated carbocycles. The molecular formula is C10H14N4S2. The topological polar surface area (TPSA) is 64.7 Å². The lowest BCUT2D eigenvalue weighted by Crippen LogP contribution is -2.13. The maximum atomic E-state index is 6.15. The second-order valence-electron chi connectivity index (χ2n) is 3.63. The zero-order valence-corrected chi connectivity index (χ0v) is 10.9. The predicted octanol–water partition coefficient (Wildman–Crippen LogP) is 2.11. The second kappa shape index (κ2) is 4.99. The molecule has 16 heavy (non-hydrogen) atoms. The monoisotopic (exact) mass is 254 g/mol. The second-order valence-corrected chi connectivity index (χ2v) is 5.36. The summed E-state index contributed by atoms with van der Waals surface area (Å²) in [5.41, 5.74) is 8.23. The van der Waals surface area contributed by atoms with E-state index in [9.17, 15) is 0 Å². The average molecular weight is 254 g/mol. The van der Waals surface area contributed by atoms with Crippen LogP contribution in [0.25, 0.3) is 0 Å². The van der Waals surface area contributed by atoms with Crippen LogP contribution in [0, 0.1) is 6.92 Å². The van der Waals surface area contributed by atoms with Crippen molar-refractivity contribution >= 4 is 22.9 Å². The molecule has 0 amide bonds. The van der Waals surface area contributed by atoms with Gasteiger partial charge in [0.2, 0.25) is 0 Å². The Morgan fingerprint density at radius 1 is 1.50 bits per heavy atom. The Bertz CT molecular complexity index is 463. The van der Waals surface area contributed by atoms with Crippen LogP contribution >= 0.6 is 22.9 Å². The maximum absolute atomic E-state index is 6.15. The third kappa shape index (κ3) is 2.45. The van der Waals surface area contributed by atoms with Gasteiger partial charge in [-0.15, -0.1) is 16.4 Å². The summed E-state index contributed by atoms with van der Waals surface area (Å²) >= 11 is 3.06. The van der Waals surface area contributed by atoms with Gasteiger partial charge in [0.25, 0.3) is 0 Å². The van der Waals surface area contributed by atoms with Crippen molar-refractivity contribution in [2.75, 3.05) is 0 Å². The van der Waals surface area contributed by atoms with Crippen molar-refractivity contribution in [3.05, 3.63) is 26.7 Å². The highest BCUT2D eigenvalue weighted by atomic mass is 32.1. The van der Waals surface area contributed by atoms with E-state index in [1.165, 1.54) is 11.5 Å². The van der Waals surface area contributed by atoms with Gasteiger partial charge >= 0.3 is 0 Å². The number of hydrogen-bond acceptors (Lipinski definition) is 6. The van der Waals surface area contributed by atoms with Gasteiger partial charge in [-0.3, -0.25) is 0 Å². The van der Waals surface area contributed by atoms with Gasteiger partial charge in [-0.05, 0) is 24.9 Å². The molecule has 2 aromatic heterocycles. The molecule has 0 spiro atoms. The van der Waals surface area contributed by atoms with Crippen LogP contribution in [0.5, 0.6) is 0 Å². The number of aryl methyl sites for hydroxylation is 2. The molecule has 2 heterocycles. The van der Waals surface area contributed by atoms with Crippen molar-refractivity contribution in [1.29, 1.82) is 0 Å². The van der Waals surface area contributed by atoms with Crippen molar-refractivity contribution < 1.29 is 0 Å². The SMILES string of the molecule is CCc1nnsc1C(N)Cc1nc(C)cs1. The Kier molecular flexibility index (Phi) is 3.63. The molecule has 0 bridgehead atoms. The standard InChI is InChI=1S/C10H14N4S2/c1-3-8-10(16-14-13-8)7(11)4-9-12-6(2)5-15-9/h5,7H,3-4,11H2,1-2H3. The smallest absolute Gasteiger partial charge is 0.0947 e. The van der Waals surface area contributed by atoms with E-state index in [0.717, 1.165) is 34.1 Å². The lowest BCUT2D eigenvalue weighted by atomic mass is 10.1. The fourth-order valence-corrected chi connectivity index (χ4v) is 3.09. The van der Waals surface area contributed by atoms with Gasteiger partial charge in [0.1, 0.15) is 0 Å². The number of rotatable bonds is 4. The third-order valence-corrected chi connectivity index (χ3v) is 4.21. The zero-order valence-electron chi connectivity index (χ0n) is 9.30. The molecule has 0 saturated heterocycles. The molecule has 0 aromatic carbocycles. The molecule has 0 aliphatic carbocycles. The fourth-order valence-electron chi connectivity index (χ4n) is 1.52. The van der Waals surface area contributed by atoms with Crippen molar-refractivity contribution in [1.82, 2.24) is 14.6 Å². The molecule has 1 unspecified atom stereocenters. The maximum Gasteiger partial charge on any atom is 0.0947 e. The van der Waals surface area contributed by atoms with Crippen LogP contribution < -0.4 is 5.73 Å². The molecule has 0 aliphatic rings. The molecular weight excluding hydrogens is 240 g/mol. The van der Waals surface area contributed by atoms with Gasteiger partial charge in [-0.2, -0.15) is 0 Å². The molecule has 4 nitrogen and oxygen atoms in total. The van der Waals surface area contributed by atoms with E-state index in [1.807, 2.05) is 12.3 Å². The van der Waals surface area contributed by atoms with Gasteiger partial charge < -0.3 is 5.73 Å². The number of nitrogens with two attached hydrogens (primary N) is 1. The molecule has 6 heteroatoms. The summed E-state index contributed by atoms with van der Waals surface area (Å²) in [6.07, 6.45) is 1.66. The minimum absolute atomic E-state index is 0.0273. The lowest BCUT2D eigenvalue weighted by Gasteiger charge is -2.07. The number of thiazole rings is 1. The van der Waals surface area contributed by atoms with E-state index in [4.69, 9.17) is 5.73 Å². The minimum atomic E-state index is -0.0273. The van der Waals surface area contributed by atoms with E-state index in [0.29, 0.717) is 0 Å². The molecule has 1 atom stereocenters. The van der Waals surface area contributed by atoms with Crippen LogP contribution in [-0.2, 0) is 12.8 Å². The first-order valence-corrected chi connectivity index (χ1v) is 6.83. The van der Waals surface area contributed by atoms with Crippen LogP contribution in [-0.4, -0.2) is 14.6 Å². The van der Waals surface area contributed by atoms with Gasteiger partial charge in [0, 0.05) is 23.5 Å². The molecule has 2 rings (SSSR count). The average Bonchev–Trinajstić information content (AvgIpc) is 2.86. The summed E-state index contributed by atoms with van der Waals surface area (Å²) < 4.78 is 3.96. The van der Waals surface area contributed by atoms with E-state index in [2.05, 4.69) is 21.5 Å². The third-order valence-electron chi connectivity index (χ3n) is 2.32. The normalized spacial score (nSPS) is 12.9. The number of hydrogen-bond donors (Lipinski definition) is 1. The van der Waals surface area contributed by atoms with Crippen LogP contribution in [0.4, 0.5) is 0 Å². The summed E-state index contributed by atoms with van der Waals surface area (Å²) in [5.74, 6) is 0. The highest BCUT2D eigenvalue weighted by molar-refractivity contribution is 7.09. The summed E-state index contributed by atoms with van der Waals surface area (Å²) in [6.45, 7) is 4.07. The van der Waals surface area contributed by atoms with Crippen molar-refractivity contribution in [3.8, 4) is 0 Å². The summed E-state index contributed by atoms with van der Waals surface area (Å²) in [7, 11) is 0. The number of aromatic nitrogens is 3. The number of nitrogens with zero attached hydrogens (tertiary/aromatic N) is 3. The molecule has 0 radical (unpaired) electrons. The molecule has 0 aliphatic heterocycles. The summed E-state index contributed by atoms with van der Waals surface area (Å²) in [4.78, 5) is 5.51. The summed E-state index contributed by atoms with van der Waals surface area (Å²) in [5, 5.41) is 7.21. The molecule has 2 N–H and O–H groups in total. The highest BCUT2D eigenvalue weighted by Crippen LogP contribution is 2.23. The van der Waals surface area contributed by atoms with Crippen LogP contribution in [0.2, 0.25) is 0 Å². The van der Waals surface area contributed by atoms with Crippen LogP contribution in [0.3, 0.4) is 0 Å². The largest absolute Gasteiger partial charge is 0.323 e. The van der Waals surface area contributed by atoms with Crippen LogP contribution in [0.15, 0.2) is 5.38 Å². The summed E-state index contributed by atoms with van der Waals surface area (Å²) in [6, 6.07) is -0.0273. The minimum Gasteiger partial charge on any atom is -0.323 e. The molecule has 86 valence electrons. The first-order valence-electron chi connectivity index (χ1n) is 5.18. The van der Waals surface area contributed by atoms with Gasteiger partial charge in [-0.1, -0.05) is 11.4 Å². The first kappa shape index (κ1) is 11.6. The predicted molar refractivity (Wildman–Crippen MR) is 66.8 cm³/mol. The zero-order chi connectivity index (χ0) is 11.5. The van der Waals surface area contributed by atoms with E-state index in [-0.39, 0.29) is 6.04 Å². The van der Waals surface area contributed by atoms with Gasteiger partial charge in [0.15, 0.2) is 0 Å². The Balaban J connectivity index is 2.11. The Hall–Kier alpha value is -0.850.